The van der Waals surface area contributed by atoms with Gasteiger partial charge in [0.1, 0.15) is 0 Å². The first-order valence-corrected chi connectivity index (χ1v) is 8.31. The molecule has 1 aromatic rings. The standard InChI is InChI=1S/C13H17F3NO6P/c1-4-19-22-24(18,23-20-5-2)21-17-10(3)11-6-8-12(9-7-11)13(14,15)16/h6-9H,4-5H2,1-3H3/b17-10-. The number of hydrogen-bond acceptors (Lipinski definition) is 7. The Kier molecular flexibility index (Phi) is 7.85. The Hall–Kier alpha value is -1.45. The Labute approximate surface area is 136 Å². The summed E-state index contributed by atoms with van der Waals surface area (Å²) in [5.41, 5.74) is -0.337. The summed E-state index contributed by atoms with van der Waals surface area (Å²) in [6.45, 7) is 4.70. The van der Waals surface area contributed by atoms with Crippen LogP contribution in [0.1, 0.15) is 31.9 Å². The number of halogens is 3. The van der Waals surface area contributed by atoms with Gasteiger partial charge in [-0.1, -0.05) is 17.3 Å². The van der Waals surface area contributed by atoms with Gasteiger partial charge >= 0.3 is 14.0 Å². The van der Waals surface area contributed by atoms with Crippen LogP contribution in [-0.2, 0) is 34.5 Å². The van der Waals surface area contributed by atoms with Crippen molar-refractivity contribution in [3.8, 4) is 0 Å². The molecule has 0 saturated heterocycles. The maximum Gasteiger partial charge on any atom is 0.606 e. The Morgan fingerprint density at radius 1 is 1.08 bits per heavy atom. The van der Waals surface area contributed by atoms with Crippen LogP contribution in [-0.4, -0.2) is 18.9 Å². The molecule has 0 radical (unpaired) electrons. The third-order valence-corrected chi connectivity index (χ3v) is 3.29. The second-order valence-corrected chi connectivity index (χ2v) is 5.60. The molecule has 1 aromatic carbocycles. The minimum atomic E-state index is -4.44. The van der Waals surface area contributed by atoms with Crippen LogP contribution in [0.5, 0.6) is 0 Å². The number of nitrogens with zero attached hydrogens (tertiary/aromatic N) is 1. The number of benzene rings is 1. The average molecular weight is 371 g/mol. The highest BCUT2D eigenvalue weighted by Gasteiger charge is 2.33. The first kappa shape index (κ1) is 20.6. The molecule has 0 bridgehead atoms. The van der Waals surface area contributed by atoms with Crippen LogP contribution in [0.15, 0.2) is 29.4 Å². The molecule has 0 aromatic heterocycles. The smallest absolute Gasteiger partial charge is 0.289 e. The molecule has 0 spiro atoms. The third-order valence-electron chi connectivity index (χ3n) is 2.43. The van der Waals surface area contributed by atoms with Gasteiger partial charge in [0.2, 0.25) is 0 Å². The lowest BCUT2D eigenvalue weighted by atomic mass is 10.1. The largest absolute Gasteiger partial charge is 0.606 e. The molecule has 0 aliphatic carbocycles. The van der Waals surface area contributed by atoms with E-state index in [2.05, 4.69) is 28.9 Å². The van der Waals surface area contributed by atoms with Crippen LogP contribution in [0, 0.1) is 0 Å². The third kappa shape index (κ3) is 6.58. The predicted octanol–water partition coefficient (Wildman–Crippen LogP) is 4.49. The zero-order chi connectivity index (χ0) is 18.2. The lowest BCUT2D eigenvalue weighted by Crippen LogP contribution is -2.06. The molecule has 0 unspecified atom stereocenters. The van der Waals surface area contributed by atoms with Crippen molar-refractivity contribution in [3.05, 3.63) is 35.4 Å². The molecule has 0 aliphatic rings. The topological polar surface area (TPSA) is 75.6 Å². The summed E-state index contributed by atoms with van der Waals surface area (Å²) in [5.74, 6) is 0. The summed E-state index contributed by atoms with van der Waals surface area (Å²) < 4.78 is 63.2. The summed E-state index contributed by atoms with van der Waals surface area (Å²) in [7, 11) is -4.27. The quantitative estimate of drug-likeness (QED) is 0.276. The highest BCUT2D eigenvalue weighted by Crippen LogP contribution is 2.50. The fourth-order valence-corrected chi connectivity index (χ4v) is 2.11. The molecule has 1 rings (SSSR count). The fourth-order valence-electron chi connectivity index (χ4n) is 1.34. The molecule has 0 saturated carbocycles. The van der Waals surface area contributed by atoms with Crippen molar-refractivity contribution in [3.63, 3.8) is 0 Å². The average Bonchev–Trinajstić information content (AvgIpc) is 2.55. The number of alkyl halides is 3. The van der Waals surface area contributed by atoms with Crippen LogP contribution in [0.4, 0.5) is 13.2 Å². The number of hydrogen-bond donors (Lipinski definition) is 0. The Morgan fingerprint density at radius 3 is 2.00 bits per heavy atom. The zero-order valence-corrected chi connectivity index (χ0v) is 14.1. The van der Waals surface area contributed by atoms with Crippen LogP contribution < -0.4 is 0 Å². The van der Waals surface area contributed by atoms with E-state index in [0.29, 0.717) is 5.56 Å². The molecule has 0 heterocycles. The van der Waals surface area contributed by atoms with Crippen LogP contribution in [0.25, 0.3) is 0 Å². The van der Waals surface area contributed by atoms with Crippen molar-refractivity contribution >= 4 is 13.5 Å². The molecule has 0 fully saturated rings. The minimum absolute atomic E-state index is 0.0600. The molecule has 136 valence electrons. The molecular formula is C13H17F3NO6P. The summed E-state index contributed by atoms with van der Waals surface area (Å²) >= 11 is 0. The molecule has 7 nitrogen and oxygen atoms in total. The molecule has 0 atom stereocenters. The maximum absolute atomic E-state index is 12.5. The van der Waals surface area contributed by atoms with Gasteiger partial charge in [-0.3, -0.25) is 4.62 Å². The van der Waals surface area contributed by atoms with Gasteiger partial charge in [-0.05, 0) is 38.5 Å². The van der Waals surface area contributed by atoms with E-state index in [-0.39, 0.29) is 18.9 Å². The SMILES string of the molecule is CCOOP(=O)(O/N=C(/C)c1ccc(C(F)(F)F)cc1)OOCC. The molecule has 24 heavy (non-hydrogen) atoms. The van der Waals surface area contributed by atoms with Crippen LogP contribution in [0.3, 0.4) is 0 Å². The highest BCUT2D eigenvalue weighted by molar-refractivity contribution is 7.48. The Balaban J connectivity index is 2.84. The van der Waals surface area contributed by atoms with Crippen LogP contribution >= 0.6 is 7.82 Å². The van der Waals surface area contributed by atoms with E-state index < -0.39 is 19.6 Å². The number of phosphoric acid groups is 1. The van der Waals surface area contributed by atoms with Crippen molar-refractivity contribution < 1.29 is 41.5 Å². The van der Waals surface area contributed by atoms with E-state index in [1.165, 1.54) is 19.1 Å². The Morgan fingerprint density at radius 2 is 1.58 bits per heavy atom. The molecular weight excluding hydrogens is 354 g/mol. The lowest BCUT2D eigenvalue weighted by Gasteiger charge is -2.12. The molecule has 11 heteroatoms. The van der Waals surface area contributed by atoms with Crippen molar-refractivity contribution in [1.82, 2.24) is 0 Å². The molecule has 0 aliphatic heterocycles. The maximum atomic E-state index is 12.5. The second kappa shape index (κ2) is 9.14. The molecule has 0 amide bonds. The van der Waals surface area contributed by atoms with Crippen LogP contribution in [0.2, 0.25) is 0 Å². The Bertz CT molecular complexity index is 578. The van der Waals surface area contributed by atoms with Gasteiger partial charge in [0.05, 0.1) is 24.5 Å². The molecule has 0 N–H and O–H groups in total. The fraction of sp³-hybridized carbons (Fsp3) is 0.462. The van der Waals surface area contributed by atoms with Crippen molar-refractivity contribution in [2.75, 3.05) is 13.2 Å². The minimum Gasteiger partial charge on any atom is -0.289 e. The first-order chi connectivity index (χ1) is 11.2. The van der Waals surface area contributed by atoms with E-state index >= 15 is 0 Å². The summed E-state index contributed by atoms with van der Waals surface area (Å²) in [6.07, 6.45) is -4.44. The van der Waals surface area contributed by atoms with Gasteiger partial charge in [-0.2, -0.15) is 13.2 Å². The van der Waals surface area contributed by atoms with Gasteiger partial charge in [0, 0.05) is 0 Å². The van der Waals surface area contributed by atoms with E-state index in [4.69, 9.17) is 0 Å². The summed E-state index contributed by atoms with van der Waals surface area (Å²) in [4.78, 5) is 9.00. The second-order valence-electron chi connectivity index (χ2n) is 4.24. The van der Waals surface area contributed by atoms with Crippen molar-refractivity contribution in [2.24, 2.45) is 5.16 Å². The monoisotopic (exact) mass is 371 g/mol. The number of rotatable bonds is 9. The predicted molar refractivity (Wildman–Crippen MR) is 77.8 cm³/mol. The van der Waals surface area contributed by atoms with Crippen molar-refractivity contribution in [2.45, 2.75) is 26.9 Å². The zero-order valence-electron chi connectivity index (χ0n) is 13.2. The first-order valence-electron chi connectivity index (χ1n) is 6.85. The van der Waals surface area contributed by atoms with Gasteiger partial charge < -0.3 is 0 Å². The van der Waals surface area contributed by atoms with E-state index in [0.717, 1.165) is 12.1 Å². The van der Waals surface area contributed by atoms with E-state index in [1.807, 2.05) is 0 Å². The van der Waals surface area contributed by atoms with Gasteiger partial charge in [0.25, 0.3) is 0 Å². The normalized spacial score (nSPS) is 13.2. The highest BCUT2D eigenvalue weighted by atomic mass is 31.2. The summed E-state index contributed by atoms with van der Waals surface area (Å²) in [6, 6.07) is 4.17. The van der Waals surface area contributed by atoms with Gasteiger partial charge in [0.15, 0.2) is 0 Å². The van der Waals surface area contributed by atoms with E-state index in [9.17, 15) is 17.7 Å². The van der Waals surface area contributed by atoms with E-state index in [1.54, 1.807) is 13.8 Å². The lowest BCUT2D eigenvalue weighted by molar-refractivity contribution is -0.278. The van der Waals surface area contributed by atoms with Crippen molar-refractivity contribution in [1.29, 1.82) is 0 Å². The van der Waals surface area contributed by atoms with Gasteiger partial charge in [-0.25, -0.2) is 14.3 Å². The number of oxime groups is 1. The van der Waals surface area contributed by atoms with Gasteiger partial charge in [-0.15, -0.1) is 9.35 Å². The summed E-state index contributed by atoms with van der Waals surface area (Å²) in [5, 5.41) is 3.53.